The molecule has 2 aromatic heterocycles. The highest BCUT2D eigenvalue weighted by Gasteiger charge is 2.50. The fraction of sp³-hybridized carbons (Fsp3) is 0.259. The van der Waals surface area contributed by atoms with E-state index in [-0.39, 0.29) is 18.4 Å². The van der Waals surface area contributed by atoms with Crippen molar-refractivity contribution in [1.82, 2.24) is 20.2 Å². The summed E-state index contributed by atoms with van der Waals surface area (Å²) in [4.78, 5) is 37.9. The number of methoxy groups -OCH3 is 1. The lowest BCUT2D eigenvalue weighted by Gasteiger charge is -2.46. The molecule has 0 saturated carbocycles. The Bertz CT molecular complexity index is 1170. The second kappa shape index (κ2) is 10.3. The van der Waals surface area contributed by atoms with Gasteiger partial charge in [-0.05, 0) is 72.4 Å². The van der Waals surface area contributed by atoms with Crippen molar-refractivity contribution in [1.29, 1.82) is 0 Å². The maximum atomic E-state index is 14.0. The molecule has 0 radical (unpaired) electrons. The third-order valence-electron chi connectivity index (χ3n) is 6.23. The summed E-state index contributed by atoms with van der Waals surface area (Å²) in [6.45, 7) is 4.28. The number of carbonyl (C=O) groups is 2. The monoisotopic (exact) mass is 456 g/mol. The van der Waals surface area contributed by atoms with E-state index in [0.29, 0.717) is 18.5 Å². The number of hydrogen-bond donors (Lipinski definition) is 1. The molecule has 1 aliphatic rings. The van der Waals surface area contributed by atoms with Gasteiger partial charge in [-0.15, -0.1) is 6.58 Å². The van der Waals surface area contributed by atoms with Gasteiger partial charge < -0.3 is 15.0 Å². The molecule has 0 aliphatic heterocycles. The zero-order chi connectivity index (χ0) is 24.0. The zero-order valence-electron chi connectivity index (χ0n) is 19.2. The molecule has 3 aromatic rings. The number of rotatable bonds is 8. The zero-order valence-corrected chi connectivity index (χ0v) is 19.2. The van der Waals surface area contributed by atoms with Crippen LogP contribution in [0.2, 0.25) is 0 Å². The molecule has 4 rings (SSSR count). The van der Waals surface area contributed by atoms with Crippen molar-refractivity contribution in [3.8, 4) is 5.75 Å². The highest BCUT2D eigenvalue weighted by Crippen LogP contribution is 2.43. The number of nitrogens with zero attached hydrogens (tertiary/aromatic N) is 3. The van der Waals surface area contributed by atoms with Crippen LogP contribution in [0, 0.1) is 0 Å². The molecule has 0 saturated heterocycles. The van der Waals surface area contributed by atoms with Crippen LogP contribution in [0.1, 0.15) is 39.9 Å². The normalized spacial score (nSPS) is 16.7. The summed E-state index contributed by atoms with van der Waals surface area (Å²) in [6, 6.07) is 12.9. The highest BCUT2D eigenvalue weighted by atomic mass is 16.5. The number of ether oxygens (including phenoxy) is 1. The number of aryl methyl sites for hydroxylation is 1. The van der Waals surface area contributed by atoms with Gasteiger partial charge in [-0.1, -0.05) is 12.1 Å². The van der Waals surface area contributed by atoms with Gasteiger partial charge in [0, 0.05) is 37.9 Å². The van der Waals surface area contributed by atoms with Gasteiger partial charge in [0.1, 0.15) is 11.3 Å². The van der Waals surface area contributed by atoms with Crippen molar-refractivity contribution in [2.75, 3.05) is 13.7 Å². The van der Waals surface area contributed by atoms with E-state index in [1.54, 1.807) is 48.8 Å². The maximum Gasteiger partial charge on any atom is 0.256 e. The summed E-state index contributed by atoms with van der Waals surface area (Å²) in [7, 11) is 1.62. The van der Waals surface area contributed by atoms with Crippen molar-refractivity contribution in [3.63, 3.8) is 0 Å². The van der Waals surface area contributed by atoms with Gasteiger partial charge in [0.25, 0.3) is 11.8 Å². The van der Waals surface area contributed by atoms with Gasteiger partial charge in [-0.3, -0.25) is 19.6 Å². The first kappa shape index (κ1) is 23.2. The molecule has 1 aromatic carbocycles. The quantitative estimate of drug-likeness (QED) is 0.523. The van der Waals surface area contributed by atoms with E-state index in [1.165, 1.54) is 6.20 Å². The van der Waals surface area contributed by atoms with E-state index in [1.807, 2.05) is 30.3 Å². The first-order valence-electron chi connectivity index (χ1n) is 11.3. The number of nitrogens with one attached hydrogen (secondary N) is 1. The Morgan fingerprint density at radius 1 is 1.18 bits per heavy atom. The second-order valence-electron chi connectivity index (χ2n) is 8.22. The van der Waals surface area contributed by atoms with Crippen LogP contribution in [0.25, 0.3) is 0 Å². The molecule has 0 spiro atoms. The van der Waals surface area contributed by atoms with Gasteiger partial charge in [-0.2, -0.15) is 0 Å². The van der Waals surface area contributed by atoms with E-state index in [9.17, 15) is 9.59 Å². The summed E-state index contributed by atoms with van der Waals surface area (Å²) < 4.78 is 5.44. The average Bonchev–Trinajstić information content (AvgIpc) is 2.90. The number of carbonyl (C=O) groups excluding carboxylic acids is 2. The molecule has 0 fully saturated rings. The minimum absolute atomic E-state index is 0.232. The Balaban J connectivity index is 1.92. The van der Waals surface area contributed by atoms with Gasteiger partial charge >= 0.3 is 0 Å². The summed E-state index contributed by atoms with van der Waals surface area (Å²) in [5, 5.41) is 2.97. The van der Waals surface area contributed by atoms with Crippen LogP contribution in [0.4, 0.5) is 0 Å². The highest BCUT2D eigenvalue weighted by molar-refractivity contribution is 6.00. The van der Waals surface area contributed by atoms with E-state index in [4.69, 9.17) is 4.74 Å². The molecule has 1 N–H and O–H groups in total. The molecule has 7 heteroatoms. The second-order valence-corrected chi connectivity index (χ2v) is 8.22. The Kier molecular flexibility index (Phi) is 7.01. The van der Waals surface area contributed by atoms with Gasteiger partial charge in [-0.25, -0.2) is 0 Å². The SMILES string of the molecule is C=CCNC(=O)C1(N(Cc2ccncc2)C(=O)c2cccnc2)CCCc2cc(OC)ccc21. The Morgan fingerprint density at radius 3 is 2.71 bits per heavy atom. The molecule has 1 aliphatic carbocycles. The fourth-order valence-electron chi connectivity index (χ4n) is 4.62. The Labute approximate surface area is 199 Å². The third-order valence-corrected chi connectivity index (χ3v) is 6.23. The summed E-state index contributed by atoms with van der Waals surface area (Å²) >= 11 is 0. The third kappa shape index (κ3) is 4.41. The van der Waals surface area contributed by atoms with E-state index in [0.717, 1.165) is 35.3 Å². The molecule has 0 bridgehead atoms. The van der Waals surface area contributed by atoms with Crippen molar-refractivity contribution in [2.24, 2.45) is 0 Å². The van der Waals surface area contributed by atoms with Crippen LogP contribution in [-0.2, 0) is 23.3 Å². The largest absolute Gasteiger partial charge is 0.497 e. The Morgan fingerprint density at radius 2 is 2.00 bits per heavy atom. The molecule has 7 nitrogen and oxygen atoms in total. The first-order valence-corrected chi connectivity index (χ1v) is 11.3. The van der Waals surface area contributed by atoms with Crippen molar-refractivity contribution >= 4 is 11.8 Å². The van der Waals surface area contributed by atoms with Gasteiger partial charge in [0.15, 0.2) is 0 Å². The fourth-order valence-corrected chi connectivity index (χ4v) is 4.62. The lowest BCUT2D eigenvalue weighted by Crippen LogP contribution is -2.59. The molecule has 1 unspecified atom stereocenters. The minimum atomic E-state index is -1.21. The van der Waals surface area contributed by atoms with Crippen LogP contribution >= 0.6 is 0 Å². The molecule has 34 heavy (non-hydrogen) atoms. The molecule has 1 atom stereocenters. The number of hydrogen-bond acceptors (Lipinski definition) is 5. The average molecular weight is 457 g/mol. The number of amides is 2. The lowest BCUT2D eigenvalue weighted by atomic mass is 9.74. The molecule has 2 heterocycles. The van der Waals surface area contributed by atoms with Crippen molar-refractivity contribution in [2.45, 2.75) is 31.3 Å². The molecule has 2 amide bonds. The van der Waals surface area contributed by atoms with E-state index < -0.39 is 5.54 Å². The predicted octanol–water partition coefficient (Wildman–Crippen LogP) is 3.66. The van der Waals surface area contributed by atoms with Gasteiger partial charge in [0.2, 0.25) is 0 Å². The number of benzene rings is 1. The minimum Gasteiger partial charge on any atom is -0.497 e. The smallest absolute Gasteiger partial charge is 0.256 e. The molecule has 174 valence electrons. The predicted molar refractivity (Wildman–Crippen MR) is 129 cm³/mol. The molecular weight excluding hydrogens is 428 g/mol. The van der Waals surface area contributed by atoms with E-state index >= 15 is 0 Å². The van der Waals surface area contributed by atoms with E-state index in [2.05, 4.69) is 21.9 Å². The Hall–Kier alpha value is -4.00. The summed E-state index contributed by atoms with van der Waals surface area (Å²) in [5.74, 6) is 0.229. The van der Waals surface area contributed by atoms with Crippen LogP contribution in [-0.4, -0.2) is 40.3 Å². The first-order chi connectivity index (χ1) is 16.6. The van der Waals surface area contributed by atoms with Crippen LogP contribution in [0.5, 0.6) is 5.75 Å². The van der Waals surface area contributed by atoms with Crippen LogP contribution < -0.4 is 10.1 Å². The lowest BCUT2D eigenvalue weighted by molar-refractivity contribution is -0.134. The van der Waals surface area contributed by atoms with Crippen molar-refractivity contribution < 1.29 is 14.3 Å². The summed E-state index contributed by atoms with van der Waals surface area (Å²) in [5.41, 5.74) is 1.90. The molecular formula is C27H28N4O3. The van der Waals surface area contributed by atoms with Crippen molar-refractivity contribution in [3.05, 3.63) is 102 Å². The van der Waals surface area contributed by atoms with Gasteiger partial charge in [0.05, 0.1) is 12.7 Å². The number of pyridine rings is 2. The summed E-state index contributed by atoms with van der Waals surface area (Å²) in [6.07, 6.45) is 10.2. The van der Waals surface area contributed by atoms with Crippen LogP contribution in [0.15, 0.2) is 79.9 Å². The topological polar surface area (TPSA) is 84.4 Å². The standard InChI is InChI=1S/C27H28N4O3/c1-3-13-30-26(33)27(12-4-6-21-17-23(34-2)8-9-24(21)27)31(19-20-10-15-28-16-11-20)25(32)22-7-5-14-29-18-22/h3,5,7-11,14-18H,1,4,6,12-13,19H2,2H3,(H,30,33). The maximum absolute atomic E-state index is 14.0. The number of fused-ring (bicyclic) bond motifs is 1. The number of aromatic nitrogens is 2. The van der Waals surface area contributed by atoms with Crippen LogP contribution in [0.3, 0.4) is 0 Å².